The van der Waals surface area contributed by atoms with Gasteiger partial charge in [0.25, 0.3) is 0 Å². The second-order valence-corrected chi connectivity index (χ2v) is 4.84. The van der Waals surface area contributed by atoms with Gasteiger partial charge in [0.1, 0.15) is 5.78 Å². The Kier molecular flexibility index (Phi) is 4.72. The summed E-state index contributed by atoms with van der Waals surface area (Å²) in [5.41, 5.74) is 2.62. The molecule has 1 heteroatoms. The number of carbonyl (C=O) groups is 1. The maximum atomic E-state index is 11.5. The van der Waals surface area contributed by atoms with Crippen molar-refractivity contribution in [3.05, 3.63) is 35.4 Å². The predicted octanol–water partition coefficient (Wildman–Crippen LogP) is 3.65. The van der Waals surface area contributed by atoms with E-state index in [-0.39, 0.29) is 5.92 Å². The van der Waals surface area contributed by atoms with Crippen LogP contribution in [-0.4, -0.2) is 5.78 Å². The van der Waals surface area contributed by atoms with Crippen molar-refractivity contribution in [2.75, 3.05) is 0 Å². The largest absolute Gasteiger partial charge is 0.300 e. The second-order valence-electron chi connectivity index (χ2n) is 4.84. The van der Waals surface area contributed by atoms with E-state index >= 15 is 0 Å². The molecule has 1 aromatic rings. The highest BCUT2D eigenvalue weighted by molar-refractivity contribution is 5.78. The van der Waals surface area contributed by atoms with E-state index < -0.39 is 0 Å². The van der Waals surface area contributed by atoms with Crippen molar-refractivity contribution in [3.63, 3.8) is 0 Å². The average molecular weight is 218 g/mol. The van der Waals surface area contributed by atoms with Crippen molar-refractivity contribution >= 4 is 5.78 Å². The summed E-state index contributed by atoms with van der Waals surface area (Å²) < 4.78 is 0. The molecule has 1 atom stereocenters. The Balaban J connectivity index is 2.74. The van der Waals surface area contributed by atoms with Crippen LogP contribution in [0.25, 0.3) is 0 Å². The highest BCUT2D eigenvalue weighted by Crippen LogP contribution is 2.18. The Morgan fingerprint density at radius 3 is 2.00 bits per heavy atom. The Labute approximate surface area is 98.9 Å². The summed E-state index contributed by atoms with van der Waals surface area (Å²) in [5, 5.41) is 0. The number of benzene rings is 1. The fourth-order valence-corrected chi connectivity index (χ4v) is 2.01. The molecule has 0 fully saturated rings. The van der Waals surface area contributed by atoms with E-state index in [0.29, 0.717) is 11.7 Å². The normalized spacial score (nSPS) is 12.8. The monoisotopic (exact) mass is 218 g/mol. The minimum Gasteiger partial charge on any atom is -0.300 e. The van der Waals surface area contributed by atoms with Crippen molar-refractivity contribution < 1.29 is 4.79 Å². The van der Waals surface area contributed by atoms with Crippen molar-refractivity contribution in [2.24, 2.45) is 11.8 Å². The molecule has 0 bridgehead atoms. The van der Waals surface area contributed by atoms with Crippen molar-refractivity contribution in [1.29, 1.82) is 0 Å². The number of rotatable bonds is 5. The number of ketones is 1. The zero-order valence-corrected chi connectivity index (χ0v) is 10.8. The Hall–Kier alpha value is -1.11. The molecule has 1 rings (SSSR count). The Morgan fingerprint density at radius 2 is 1.62 bits per heavy atom. The molecule has 0 radical (unpaired) electrons. The Bertz CT molecular complexity index is 335. The van der Waals surface area contributed by atoms with Crippen LogP contribution in [0.5, 0.6) is 0 Å². The first kappa shape index (κ1) is 13.0. The fraction of sp³-hybridized carbons (Fsp3) is 0.533. The first-order valence-electron chi connectivity index (χ1n) is 6.12. The number of aryl methyl sites for hydroxylation is 1. The average Bonchev–Trinajstić information content (AvgIpc) is 2.25. The summed E-state index contributed by atoms with van der Waals surface area (Å²) in [6, 6.07) is 8.62. The van der Waals surface area contributed by atoms with E-state index in [1.165, 1.54) is 11.1 Å². The van der Waals surface area contributed by atoms with Gasteiger partial charge in [0.05, 0.1) is 0 Å². The molecule has 0 aliphatic carbocycles. The standard InChI is InChI=1S/C15H22O/c1-5-13-6-8-14(9-7-13)10-15(11(2)3)12(4)16/h6-9,11,15H,5,10H2,1-4H3. The summed E-state index contributed by atoms with van der Waals surface area (Å²) >= 11 is 0. The molecule has 0 spiro atoms. The lowest BCUT2D eigenvalue weighted by molar-refractivity contribution is -0.121. The van der Waals surface area contributed by atoms with Crippen LogP contribution in [0.4, 0.5) is 0 Å². The second kappa shape index (κ2) is 5.83. The maximum Gasteiger partial charge on any atom is 0.133 e. The highest BCUT2D eigenvalue weighted by Gasteiger charge is 2.18. The quantitative estimate of drug-likeness (QED) is 0.737. The van der Waals surface area contributed by atoms with E-state index in [1.54, 1.807) is 6.92 Å². The number of carbonyl (C=O) groups excluding carboxylic acids is 1. The van der Waals surface area contributed by atoms with E-state index in [0.717, 1.165) is 12.8 Å². The van der Waals surface area contributed by atoms with Gasteiger partial charge in [0.2, 0.25) is 0 Å². The predicted molar refractivity (Wildman–Crippen MR) is 68.5 cm³/mol. The van der Waals surface area contributed by atoms with Crippen LogP contribution in [0.1, 0.15) is 38.8 Å². The lowest BCUT2D eigenvalue weighted by atomic mass is 9.86. The zero-order valence-electron chi connectivity index (χ0n) is 10.8. The first-order chi connectivity index (χ1) is 7.54. The summed E-state index contributed by atoms with van der Waals surface area (Å²) in [4.78, 5) is 11.5. The van der Waals surface area contributed by atoms with Crippen LogP contribution < -0.4 is 0 Å². The first-order valence-corrected chi connectivity index (χ1v) is 6.12. The zero-order chi connectivity index (χ0) is 12.1. The van der Waals surface area contributed by atoms with E-state index in [1.807, 2.05) is 0 Å². The number of hydrogen-bond donors (Lipinski definition) is 0. The minimum absolute atomic E-state index is 0.160. The molecule has 1 aromatic carbocycles. The van der Waals surface area contributed by atoms with Gasteiger partial charge in [-0.3, -0.25) is 4.79 Å². The summed E-state index contributed by atoms with van der Waals surface area (Å²) in [7, 11) is 0. The lowest BCUT2D eigenvalue weighted by Crippen LogP contribution is -2.20. The molecule has 0 amide bonds. The maximum absolute atomic E-state index is 11.5. The van der Waals surface area contributed by atoms with Crippen LogP contribution in [0.2, 0.25) is 0 Å². The molecule has 0 saturated carbocycles. The molecular formula is C15H22O. The van der Waals surface area contributed by atoms with Gasteiger partial charge in [-0.05, 0) is 36.8 Å². The summed E-state index contributed by atoms with van der Waals surface area (Å²) in [6.07, 6.45) is 1.94. The van der Waals surface area contributed by atoms with Crippen LogP contribution in [0.15, 0.2) is 24.3 Å². The highest BCUT2D eigenvalue weighted by atomic mass is 16.1. The van der Waals surface area contributed by atoms with Crippen molar-refractivity contribution in [3.8, 4) is 0 Å². The lowest BCUT2D eigenvalue weighted by Gasteiger charge is -2.17. The molecule has 16 heavy (non-hydrogen) atoms. The van der Waals surface area contributed by atoms with Crippen LogP contribution >= 0.6 is 0 Å². The van der Waals surface area contributed by atoms with Crippen LogP contribution in [0.3, 0.4) is 0 Å². The molecule has 0 aliphatic rings. The number of Topliss-reactive ketones (excluding diaryl/α,β-unsaturated/α-hetero) is 1. The van der Waals surface area contributed by atoms with E-state index in [2.05, 4.69) is 45.0 Å². The topological polar surface area (TPSA) is 17.1 Å². The molecule has 0 N–H and O–H groups in total. The SMILES string of the molecule is CCc1ccc(CC(C(C)=O)C(C)C)cc1. The molecule has 0 aromatic heterocycles. The molecular weight excluding hydrogens is 196 g/mol. The van der Waals surface area contributed by atoms with Gasteiger partial charge >= 0.3 is 0 Å². The molecule has 0 heterocycles. The minimum atomic E-state index is 0.160. The third-order valence-corrected chi connectivity index (χ3v) is 3.21. The molecule has 0 aliphatic heterocycles. The van der Waals surface area contributed by atoms with E-state index in [9.17, 15) is 4.79 Å². The van der Waals surface area contributed by atoms with Crippen molar-refractivity contribution in [2.45, 2.75) is 40.5 Å². The summed E-state index contributed by atoms with van der Waals surface area (Å²) in [6.45, 7) is 8.09. The van der Waals surface area contributed by atoms with Gasteiger partial charge in [-0.1, -0.05) is 45.0 Å². The molecule has 88 valence electrons. The number of hydrogen-bond acceptors (Lipinski definition) is 1. The third-order valence-electron chi connectivity index (χ3n) is 3.21. The van der Waals surface area contributed by atoms with Crippen LogP contribution in [-0.2, 0) is 17.6 Å². The summed E-state index contributed by atoms with van der Waals surface area (Å²) in [5.74, 6) is 0.880. The van der Waals surface area contributed by atoms with Gasteiger partial charge in [0, 0.05) is 5.92 Å². The van der Waals surface area contributed by atoms with Gasteiger partial charge in [0.15, 0.2) is 0 Å². The van der Waals surface area contributed by atoms with Gasteiger partial charge in [-0.15, -0.1) is 0 Å². The van der Waals surface area contributed by atoms with E-state index in [4.69, 9.17) is 0 Å². The molecule has 1 unspecified atom stereocenters. The molecule has 1 nitrogen and oxygen atoms in total. The van der Waals surface area contributed by atoms with Crippen LogP contribution in [0, 0.1) is 11.8 Å². The van der Waals surface area contributed by atoms with Gasteiger partial charge in [-0.2, -0.15) is 0 Å². The smallest absolute Gasteiger partial charge is 0.133 e. The Morgan fingerprint density at radius 1 is 1.12 bits per heavy atom. The van der Waals surface area contributed by atoms with Gasteiger partial charge in [-0.25, -0.2) is 0 Å². The fourth-order valence-electron chi connectivity index (χ4n) is 2.01. The van der Waals surface area contributed by atoms with Gasteiger partial charge < -0.3 is 0 Å². The third kappa shape index (κ3) is 3.48. The van der Waals surface area contributed by atoms with Crippen molar-refractivity contribution in [1.82, 2.24) is 0 Å². The molecule has 0 saturated heterocycles.